The molecule has 0 aromatic carbocycles. The summed E-state index contributed by atoms with van der Waals surface area (Å²) in [6.07, 6.45) is 6.91. The highest BCUT2D eigenvalue weighted by molar-refractivity contribution is 5.16. The highest BCUT2D eigenvalue weighted by atomic mass is 15.3. The molecule has 0 radical (unpaired) electrons. The van der Waals surface area contributed by atoms with E-state index in [0.29, 0.717) is 0 Å². The number of rotatable bonds is 1. The Balaban J connectivity index is 1.82. The molecule has 2 heterocycles. The first kappa shape index (κ1) is 9.40. The van der Waals surface area contributed by atoms with Crippen molar-refractivity contribution in [2.45, 2.75) is 51.1 Å². The fraction of sp³-hybridized carbons (Fsp3) is 0.750. The fourth-order valence-electron chi connectivity index (χ4n) is 2.81. The zero-order chi connectivity index (χ0) is 10.1. The van der Waals surface area contributed by atoms with E-state index in [0.717, 1.165) is 25.6 Å². The zero-order valence-electron chi connectivity index (χ0n) is 9.21. The lowest BCUT2D eigenvalue weighted by Gasteiger charge is -2.19. The minimum Gasteiger partial charge on any atom is -0.309 e. The zero-order valence-corrected chi connectivity index (χ0v) is 9.21. The quantitative estimate of drug-likeness (QED) is 0.760. The van der Waals surface area contributed by atoms with Gasteiger partial charge in [0.2, 0.25) is 0 Å². The second kappa shape index (κ2) is 3.97. The number of nitrogens with one attached hydrogen (secondary N) is 1. The SMILES string of the molecule is c1c(C2CCCCC2)nn2c1CNCC2. The predicted octanol–water partition coefficient (Wildman–Crippen LogP) is 2.03. The minimum absolute atomic E-state index is 0.747. The number of aromatic nitrogens is 2. The van der Waals surface area contributed by atoms with Gasteiger partial charge in [-0.05, 0) is 18.9 Å². The van der Waals surface area contributed by atoms with Gasteiger partial charge in [-0.1, -0.05) is 19.3 Å². The maximum atomic E-state index is 4.75. The molecule has 2 aliphatic rings. The van der Waals surface area contributed by atoms with Crippen LogP contribution in [-0.4, -0.2) is 16.3 Å². The predicted molar refractivity (Wildman–Crippen MR) is 59.8 cm³/mol. The van der Waals surface area contributed by atoms with E-state index in [4.69, 9.17) is 5.10 Å². The average molecular weight is 205 g/mol. The van der Waals surface area contributed by atoms with Gasteiger partial charge in [-0.3, -0.25) is 4.68 Å². The number of hydrogen-bond donors (Lipinski definition) is 1. The first-order valence-electron chi connectivity index (χ1n) is 6.21. The molecule has 15 heavy (non-hydrogen) atoms. The summed E-state index contributed by atoms with van der Waals surface area (Å²) in [5.74, 6) is 0.747. The molecule has 82 valence electrons. The molecule has 0 atom stereocenters. The first-order chi connectivity index (χ1) is 7.43. The smallest absolute Gasteiger partial charge is 0.0658 e. The van der Waals surface area contributed by atoms with E-state index >= 15 is 0 Å². The molecule has 1 saturated carbocycles. The van der Waals surface area contributed by atoms with Crippen LogP contribution in [0.1, 0.15) is 49.4 Å². The number of hydrogen-bond acceptors (Lipinski definition) is 2. The molecule has 1 aromatic rings. The summed E-state index contributed by atoms with van der Waals surface area (Å²) in [5.41, 5.74) is 2.73. The van der Waals surface area contributed by atoms with Gasteiger partial charge < -0.3 is 5.32 Å². The summed E-state index contributed by atoms with van der Waals surface area (Å²) in [7, 11) is 0. The lowest BCUT2D eigenvalue weighted by atomic mass is 9.87. The van der Waals surface area contributed by atoms with E-state index in [1.54, 1.807) is 0 Å². The van der Waals surface area contributed by atoms with Crippen LogP contribution in [0.3, 0.4) is 0 Å². The molecular formula is C12H19N3. The maximum absolute atomic E-state index is 4.75. The first-order valence-corrected chi connectivity index (χ1v) is 6.21. The molecule has 1 aromatic heterocycles. The van der Waals surface area contributed by atoms with E-state index in [9.17, 15) is 0 Å². The van der Waals surface area contributed by atoms with Gasteiger partial charge in [0.15, 0.2) is 0 Å². The largest absolute Gasteiger partial charge is 0.309 e. The standard InChI is InChI=1S/C12H19N3/c1-2-4-10(5-3-1)12-8-11-9-13-6-7-15(11)14-12/h8,10,13H,1-7,9H2. The monoisotopic (exact) mass is 205 g/mol. The van der Waals surface area contributed by atoms with Gasteiger partial charge in [0, 0.05) is 19.0 Å². The van der Waals surface area contributed by atoms with Crippen LogP contribution in [0.4, 0.5) is 0 Å². The summed E-state index contributed by atoms with van der Waals surface area (Å²) in [5, 5.41) is 8.15. The van der Waals surface area contributed by atoms with Gasteiger partial charge in [0.1, 0.15) is 0 Å². The molecule has 0 bridgehead atoms. The van der Waals surface area contributed by atoms with Gasteiger partial charge in [0.25, 0.3) is 0 Å². The molecule has 0 saturated heterocycles. The Bertz CT molecular complexity index is 313. The van der Waals surface area contributed by atoms with Crippen LogP contribution < -0.4 is 5.32 Å². The lowest BCUT2D eigenvalue weighted by molar-refractivity contribution is 0.425. The highest BCUT2D eigenvalue weighted by Gasteiger charge is 2.20. The van der Waals surface area contributed by atoms with Crippen LogP contribution in [0.2, 0.25) is 0 Å². The Morgan fingerprint density at radius 1 is 1.27 bits per heavy atom. The van der Waals surface area contributed by atoms with Crippen molar-refractivity contribution >= 4 is 0 Å². The topological polar surface area (TPSA) is 29.9 Å². The molecule has 0 amide bonds. The van der Waals surface area contributed by atoms with Crippen LogP contribution in [0.15, 0.2) is 6.07 Å². The van der Waals surface area contributed by atoms with Gasteiger partial charge >= 0.3 is 0 Å². The Morgan fingerprint density at radius 3 is 2.93 bits per heavy atom. The summed E-state index contributed by atoms with van der Waals surface area (Å²) in [6, 6.07) is 2.32. The molecule has 1 fully saturated rings. The fourth-order valence-corrected chi connectivity index (χ4v) is 2.81. The molecule has 3 heteroatoms. The van der Waals surface area contributed by atoms with Crippen molar-refractivity contribution in [1.82, 2.24) is 15.1 Å². The van der Waals surface area contributed by atoms with Crippen LogP contribution in [-0.2, 0) is 13.1 Å². The third kappa shape index (κ3) is 1.81. The molecule has 3 nitrogen and oxygen atoms in total. The third-order valence-electron chi connectivity index (χ3n) is 3.71. The molecule has 3 rings (SSSR count). The Morgan fingerprint density at radius 2 is 2.13 bits per heavy atom. The van der Waals surface area contributed by atoms with Crippen LogP contribution >= 0.6 is 0 Å². The van der Waals surface area contributed by atoms with Gasteiger partial charge in [-0.2, -0.15) is 5.10 Å². The lowest BCUT2D eigenvalue weighted by Crippen LogP contribution is -2.28. The van der Waals surface area contributed by atoms with Crippen molar-refractivity contribution in [3.8, 4) is 0 Å². The second-order valence-corrected chi connectivity index (χ2v) is 4.80. The summed E-state index contributed by atoms with van der Waals surface area (Å²) >= 11 is 0. The number of nitrogens with zero attached hydrogens (tertiary/aromatic N) is 2. The van der Waals surface area contributed by atoms with Crippen LogP contribution in [0.5, 0.6) is 0 Å². The van der Waals surface area contributed by atoms with Crippen LogP contribution in [0, 0.1) is 0 Å². The van der Waals surface area contributed by atoms with E-state index in [2.05, 4.69) is 16.1 Å². The van der Waals surface area contributed by atoms with E-state index in [1.807, 2.05) is 0 Å². The van der Waals surface area contributed by atoms with Crippen molar-refractivity contribution < 1.29 is 0 Å². The molecule has 1 aliphatic carbocycles. The molecule has 0 spiro atoms. The Hall–Kier alpha value is -0.830. The maximum Gasteiger partial charge on any atom is 0.0658 e. The molecule has 1 aliphatic heterocycles. The third-order valence-corrected chi connectivity index (χ3v) is 3.71. The summed E-state index contributed by atoms with van der Waals surface area (Å²) in [6.45, 7) is 3.11. The second-order valence-electron chi connectivity index (χ2n) is 4.80. The summed E-state index contributed by atoms with van der Waals surface area (Å²) in [4.78, 5) is 0. The Labute approximate surface area is 90.9 Å². The average Bonchev–Trinajstić information content (AvgIpc) is 2.74. The molecular weight excluding hydrogens is 186 g/mol. The van der Waals surface area contributed by atoms with Crippen molar-refractivity contribution in [3.63, 3.8) is 0 Å². The van der Waals surface area contributed by atoms with Gasteiger partial charge in [0.05, 0.1) is 17.9 Å². The van der Waals surface area contributed by atoms with E-state index in [1.165, 1.54) is 43.5 Å². The van der Waals surface area contributed by atoms with Crippen molar-refractivity contribution in [2.75, 3.05) is 6.54 Å². The van der Waals surface area contributed by atoms with E-state index < -0.39 is 0 Å². The highest BCUT2D eigenvalue weighted by Crippen LogP contribution is 2.32. The van der Waals surface area contributed by atoms with Crippen molar-refractivity contribution in [2.24, 2.45) is 0 Å². The van der Waals surface area contributed by atoms with Crippen molar-refractivity contribution in [1.29, 1.82) is 0 Å². The number of fused-ring (bicyclic) bond motifs is 1. The molecule has 0 unspecified atom stereocenters. The normalized spacial score (nSPS) is 22.7. The summed E-state index contributed by atoms with van der Waals surface area (Å²) < 4.78 is 2.19. The van der Waals surface area contributed by atoms with Gasteiger partial charge in [-0.25, -0.2) is 0 Å². The minimum atomic E-state index is 0.747. The molecule has 1 N–H and O–H groups in total. The Kier molecular flexibility index (Phi) is 2.49. The van der Waals surface area contributed by atoms with Gasteiger partial charge in [-0.15, -0.1) is 0 Å². The van der Waals surface area contributed by atoms with E-state index in [-0.39, 0.29) is 0 Å². The van der Waals surface area contributed by atoms with Crippen LogP contribution in [0.25, 0.3) is 0 Å². The van der Waals surface area contributed by atoms with Crippen molar-refractivity contribution in [3.05, 3.63) is 17.5 Å².